The van der Waals surface area contributed by atoms with E-state index in [4.69, 9.17) is 11.6 Å². The van der Waals surface area contributed by atoms with Crippen molar-refractivity contribution in [3.8, 4) is 0 Å². The lowest BCUT2D eigenvalue weighted by Crippen LogP contribution is -2.30. The molecule has 4 heteroatoms. The Kier molecular flexibility index (Phi) is 4.39. The monoisotopic (exact) mass is 263 g/mol. The van der Waals surface area contributed by atoms with E-state index in [1.807, 2.05) is 24.3 Å². The number of hydrogen-bond donors (Lipinski definition) is 2. The second-order valence-electron chi connectivity index (χ2n) is 4.64. The van der Waals surface area contributed by atoms with Crippen LogP contribution in [0.25, 0.3) is 0 Å². The lowest BCUT2D eigenvalue weighted by molar-refractivity contribution is 0.469. The molecule has 0 radical (unpaired) electrons. The third-order valence-electron chi connectivity index (χ3n) is 2.95. The van der Waals surface area contributed by atoms with Crippen LogP contribution >= 0.6 is 11.6 Å². The van der Waals surface area contributed by atoms with Crippen molar-refractivity contribution in [2.75, 3.05) is 0 Å². The molecule has 0 fully saturated rings. The summed E-state index contributed by atoms with van der Waals surface area (Å²) in [6, 6.07) is 10.6. The van der Waals surface area contributed by atoms with Gasteiger partial charge in [0.15, 0.2) is 0 Å². The zero-order chi connectivity index (χ0) is 13.0. The van der Waals surface area contributed by atoms with Crippen LogP contribution < -0.4 is 5.32 Å². The van der Waals surface area contributed by atoms with Crippen molar-refractivity contribution >= 4 is 11.6 Å². The first-order valence-corrected chi connectivity index (χ1v) is 6.52. The molecule has 2 atom stereocenters. The van der Waals surface area contributed by atoms with Gasteiger partial charge in [-0.05, 0) is 44.0 Å². The summed E-state index contributed by atoms with van der Waals surface area (Å²) in [6.45, 7) is 4.30. The molecular formula is C14H18ClN3. The first-order valence-electron chi connectivity index (χ1n) is 6.15. The van der Waals surface area contributed by atoms with Crippen molar-refractivity contribution in [1.82, 2.24) is 15.5 Å². The van der Waals surface area contributed by atoms with Crippen LogP contribution in [0.4, 0.5) is 0 Å². The highest BCUT2D eigenvalue weighted by Gasteiger charge is 2.10. The maximum Gasteiger partial charge on any atom is 0.0518 e. The van der Waals surface area contributed by atoms with Crippen molar-refractivity contribution < 1.29 is 0 Å². The molecule has 1 aromatic heterocycles. The van der Waals surface area contributed by atoms with Gasteiger partial charge in [-0.2, -0.15) is 5.10 Å². The standard InChI is InChI=1S/C14H18ClN3/c1-10(8-12-4-3-5-13(15)9-12)17-11(2)14-6-7-16-18-14/h3-7,9-11,17H,8H2,1-2H3,(H,16,18). The fourth-order valence-electron chi connectivity index (χ4n) is 2.10. The molecule has 0 bridgehead atoms. The number of hydrogen-bond acceptors (Lipinski definition) is 2. The van der Waals surface area contributed by atoms with Gasteiger partial charge in [0.2, 0.25) is 0 Å². The zero-order valence-corrected chi connectivity index (χ0v) is 11.4. The van der Waals surface area contributed by atoms with Gasteiger partial charge in [-0.15, -0.1) is 0 Å². The Bertz CT molecular complexity index is 482. The molecule has 0 amide bonds. The van der Waals surface area contributed by atoms with Gasteiger partial charge < -0.3 is 5.32 Å². The van der Waals surface area contributed by atoms with E-state index in [1.165, 1.54) is 5.56 Å². The Labute approximate surface area is 113 Å². The third kappa shape index (κ3) is 3.59. The van der Waals surface area contributed by atoms with Crippen LogP contribution in [-0.4, -0.2) is 16.2 Å². The summed E-state index contributed by atoms with van der Waals surface area (Å²) < 4.78 is 0. The molecule has 0 aliphatic heterocycles. The van der Waals surface area contributed by atoms with Crippen molar-refractivity contribution in [1.29, 1.82) is 0 Å². The summed E-state index contributed by atoms with van der Waals surface area (Å²) >= 11 is 5.98. The number of rotatable bonds is 5. The van der Waals surface area contributed by atoms with Crippen molar-refractivity contribution in [3.63, 3.8) is 0 Å². The summed E-state index contributed by atoms with van der Waals surface area (Å²) in [6.07, 6.45) is 2.73. The Morgan fingerprint density at radius 2 is 2.17 bits per heavy atom. The molecule has 2 rings (SSSR count). The van der Waals surface area contributed by atoms with Crippen LogP contribution in [0.15, 0.2) is 36.5 Å². The molecule has 0 aliphatic rings. The Morgan fingerprint density at radius 1 is 1.33 bits per heavy atom. The largest absolute Gasteiger partial charge is 0.306 e. The minimum atomic E-state index is 0.265. The summed E-state index contributed by atoms with van der Waals surface area (Å²) in [4.78, 5) is 0. The molecule has 2 aromatic rings. The van der Waals surface area contributed by atoms with Crippen molar-refractivity contribution in [2.45, 2.75) is 32.4 Å². The van der Waals surface area contributed by atoms with E-state index in [9.17, 15) is 0 Å². The lowest BCUT2D eigenvalue weighted by atomic mass is 10.1. The highest BCUT2D eigenvalue weighted by atomic mass is 35.5. The second-order valence-corrected chi connectivity index (χ2v) is 5.07. The SMILES string of the molecule is CC(Cc1cccc(Cl)c1)NC(C)c1ccn[nH]1. The minimum absolute atomic E-state index is 0.265. The molecule has 1 aromatic carbocycles. The van der Waals surface area contributed by atoms with Gasteiger partial charge in [0, 0.05) is 23.3 Å². The van der Waals surface area contributed by atoms with E-state index in [2.05, 4.69) is 35.4 Å². The van der Waals surface area contributed by atoms with Crippen LogP contribution in [0.2, 0.25) is 5.02 Å². The Hall–Kier alpha value is -1.32. The number of nitrogens with one attached hydrogen (secondary N) is 2. The summed E-state index contributed by atoms with van der Waals surface area (Å²) in [7, 11) is 0. The molecule has 96 valence electrons. The lowest BCUT2D eigenvalue weighted by Gasteiger charge is -2.19. The maximum absolute atomic E-state index is 5.98. The molecule has 0 aliphatic carbocycles. The fraction of sp³-hybridized carbons (Fsp3) is 0.357. The van der Waals surface area contributed by atoms with Crippen LogP contribution in [0.3, 0.4) is 0 Å². The molecule has 1 heterocycles. The molecule has 3 nitrogen and oxygen atoms in total. The first kappa shape index (κ1) is 13.1. The predicted molar refractivity (Wildman–Crippen MR) is 74.8 cm³/mol. The summed E-state index contributed by atoms with van der Waals surface area (Å²) in [5.74, 6) is 0. The van der Waals surface area contributed by atoms with E-state index in [1.54, 1.807) is 6.20 Å². The molecule has 0 saturated heterocycles. The predicted octanol–water partition coefficient (Wildman–Crippen LogP) is 3.34. The van der Waals surface area contributed by atoms with Crippen LogP contribution in [0.1, 0.15) is 31.1 Å². The summed E-state index contributed by atoms with van der Waals surface area (Å²) in [5.41, 5.74) is 2.35. The van der Waals surface area contributed by atoms with Gasteiger partial charge >= 0.3 is 0 Å². The third-order valence-corrected chi connectivity index (χ3v) is 3.19. The maximum atomic E-state index is 5.98. The van der Waals surface area contributed by atoms with Gasteiger partial charge in [0.25, 0.3) is 0 Å². The number of H-pyrrole nitrogens is 1. The van der Waals surface area contributed by atoms with Crippen LogP contribution in [0.5, 0.6) is 0 Å². The molecule has 0 saturated carbocycles. The first-order chi connectivity index (χ1) is 8.65. The second kappa shape index (κ2) is 6.03. The molecule has 2 N–H and O–H groups in total. The molecule has 2 unspecified atom stereocenters. The van der Waals surface area contributed by atoms with Gasteiger partial charge in [0.05, 0.1) is 5.69 Å². The van der Waals surface area contributed by atoms with Crippen LogP contribution in [-0.2, 0) is 6.42 Å². The van der Waals surface area contributed by atoms with E-state index < -0.39 is 0 Å². The number of halogens is 1. The number of benzene rings is 1. The van der Waals surface area contributed by atoms with Crippen molar-refractivity contribution in [2.24, 2.45) is 0 Å². The molecular weight excluding hydrogens is 246 g/mol. The van der Waals surface area contributed by atoms with Crippen molar-refractivity contribution in [3.05, 3.63) is 52.8 Å². The number of aromatic nitrogens is 2. The Balaban J connectivity index is 1.91. The van der Waals surface area contributed by atoms with Gasteiger partial charge in [-0.3, -0.25) is 5.10 Å². The van der Waals surface area contributed by atoms with Gasteiger partial charge in [-0.1, -0.05) is 23.7 Å². The average Bonchev–Trinajstić information content (AvgIpc) is 2.81. The van der Waals surface area contributed by atoms with Gasteiger partial charge in [0.1, 0.15) is 0 Å². The van der Waals surface area contributed by atoms with E-state index in [-0.39, 0.29) is 6.04 Å². The Morgan fingerprint density at radius 3 is 2.83 bits per heavy atom. The number of aromatic amines is 1. The fourth-order valence-corrected chi connectivity index (χ4v) is 2.31. The average molecular weight is 264 g/mol. The van der Waals surface area contributed by atoms with E-state index in [0.717, 1.165) is 17.1 Å². The quantitative estimate of drug-likeness (QED) is 0.869. The molecule has 18 heavy (non-hydrogen) atoms. The molecule has 0 spiro atoms. The smallest absolute Gasteiger partial charge is 0.0518 e. The number of nitrogens with zero attached hydrogens (tertiary/aromatic N) is 1. The van der Waals surface area contributed by atoms with E-state index in [0.29, 0.717) is 6.04 Å². The van der Waals surface area contributed by atoms with Crippen LogP contribution in [0, 0.1) is 0 Å². The zero-order valence-electron chi connectivity index (χ0n) is 10.7. The van der Waals surface area contributed by atoms with Gasteiger partial charge in [-0.25, -0.2) is 0 Å². The minimum Gasteiger partial charge on any atom is -0.306 e. The summed E-state index contributed by atoms with van der Waals surface area (Å²) in [5, 5.41) is 11.3. The highest BCUT2D eigenvalue weighted by molar-refractivity contribution is 6.30. The topological polar surface area (TPSA) is 40.7 Å². The highest BCUT2D eigenvalue weighted by Crippen LogP contribution is 2.14. The normalized spacial score (nSPS) is 14.4. The van der Waals surface area contributed by atoms with E-state index >= 15 is 0 Å².